The van der Waals surface area contributed by atoms with Gasteiger partial charge in [0.25, 0.3) is 0 Å². The molecule has 1 aliphatic rings. The Kier molecular flexibility index (Phi) is 16.7. The summed E-state index contributed by atoms with van der Waals surface area (Å²) in [4.78, 5) is 89.5. The fourth-order valence-corrected chi connectivity index (χ4v) is 7.33. The predicted octanol–water partition coefficient (Wildman–Crippen LogP) is 5.31. The largest absolute Gasteiger partial charge is 0.459 e. The van der Waals surface area contributed by atoms with Gasteiger partial charge in [0.1, 0.15) is 42.4 Å². The number of carbonyl (C=O) groups excluding carboxylic acids is 6. The third-order valence-electron chi connectivity index (χ3n) is 10.3. The summed E-state index contributed by atoms with van der Waals surface area (Å²) in [6.07, 6.45) is 0.458. The molecule has 1 aliphatic heterocycles. The van der Waals surface area contributed by atoms with Gasteiger partial charge in [-0.2, -0.15) is 0 Å². The normalized spacial score (nSPS) is 16.4. The predicted molar refractivity (Wildman–Crippen MR) is 218 cm³/mol. The molecule has 0 spiro atoms. The van der Waals surface area contributed by atoms with Gasteiger partial charge in [-0.3, -0.25) is 19.2 Å². The van der Waals surface area contributed by atoms with Crippen LogP contribution in [-0.2, 0) is 46.5 Å². The maximum absolute atomic E-state index is 14.7. The van der Waals surface area contributed by atoms with E-state index in [0.717, 1.165) is 11.1 Å². The lowest BCUT2D eigenvalue weighted by atomic mass is 9.95. The number of esters is 1. The minimum atomic E-state index is -1.05. The molecule has 57 heavy (non-hydrogen) atoms. The molecule has 1 fully saturated rings. The summed E-state index contributed by atoms with van der Waals surface area (Å²) in [7, 11) is 4.63. The van der Waals surface area contributed by atoms with Gasteiger partial charge < -0.3 is 34.4 Å². The van der Waals surface area contributed by atoms with Crippen molar-refractivity contribution in [3.63, 3.8) is 0 Å². The van der Waals surface area contributed by atoms with Crippen LogP contribution in [0.1, 0.15) is 86.3 Å². The fraction of sp³-hybridized carbons (Fsp3) is 0.591. The first-order valence-electron chi connectivity index (χ1n) is 20.0. The van der Waals surface area contributed by atoms with E-state index in [2.05, 4.69) is 5.32 Å². The van der Waals surface area contributed by atoms with Gasteiger partial charge in [-0.15, -0.1) is 0 Å². The molecular weight excluding hydrogens is 727 g/mol. The summed E-state index contributed by atoms with van der Waals surface area (Å²) in [6.45, 7) is 16.5. The van der Waals surface area contributed by atoms with Crippen LogP contribution in [0.15, 0.2) is 60.7 Å². The Hall–Kier alpha value is -4.94. The molecule has 0 radical (unpaired) electrons. The summed E-state index contributed by atoms with van der Waals surface area (Å²) >= 11 is 0. The van der Waals surface area contributed by atoms with Gasteiger partial charge in [-0.05, 0) is 62.5 Å². The number of likely N-dealkylation sites (tertiary alicyclic amines) is 1. The van der Waals surface area contributed by atoms with E-state index in [4.69, 9.17) is 9.47 Å². The number of ether oxygens (including phenoxy) is 2. The standard InChI is InChI=1S/C44H65N5O8/c1-28(2)35(45-43(55)57-44(7,8)9)39(51)46(10)34(26-31-20-15-13-16-21-31)38(50)47(11)36(29(3)4)40(52)48(12)37(30(5)6)41(53)49-25-19-24-33(49)42(54)56-27-32-22-17-14-18-23-32/h13-18,20-23,28-30,33-37H,19,24-27H2,1-12H3,(H,45,55)/t33-,34-,35+,36?,37?/m1/s1. The molecule has 0 aliphatic carbocycles. The minimum absolute atomic E-state index is 0.0884. The maximum Gasteiger partial charge on any atom is 0.408 e. The molecule has 1 saturated heterocycles. The number of amides is 5. The van der Waals surface area contributed by atoms with Gasteiger partial charge >= 0.3 is 12.1 Å². The van der Waals surface area contributed by atoms with Gasteiger partial charge in [0, 0.05) is 34.1 Å². The molecule has 1 heterocycles. The highest BCUT2D eigenvalue weighted by Crippen LogP contribution is 2.26. The molecular formula is C44H65N5O8. The number of rotatable bonds is 16. The Morgan fingerprint density at radius 3 is 1.75 bits per heavy atom. The second-order valence-corrected chi connectivity index (χ2v) is 17.1. The van der Waals surface area contributed by atoms with Crippen LogP contribution in [0.3, 0.4) is 0 Å². The number of alkyl carbamates (subject to hydrolysis) is 1. The smallest absolute Gasteiger partial charge is 0.408 e. The van der Waals surface area contributed by atoms with E-state index in [-0.39, 0.29) is 36.7 Å². The topological polar surface area (TPSA) is 146 Å². The first-order chi connectivity index (χ1) is 26.7. The Morgan fingerprint density at radius 1 is 0.719 bits per heavy atom. The van der Waals surface area contributed by atoms with E-state index in [1.165, 1.54) is 26.6 Å². The molecule has 0 bridgehead atoms. The molecule has 3 rings (SSSR count). The summed E-state index contributed by atoms with van der Waals surface area (Å²) < 4.78 is 11.1. The van der Waals surface area contributed by atoms with Crippen LogP contribution in [0, 0.1) is 17.8 Å². The molecule has 2 unspecified atom stereocenters. The van der Waals surface area contributed by atoms with Gasteiger partial charge in [0.05, 0.1) is 0 Å². The number of carbonyl (C=O) groups is 6. The zero-order valence-electron chi connectivity index (χ0n) is 36.0. The van der Waals surface area contributed by atoms with E-state index in [0.29, 0.717) is 19.4 Å². The van der Waals surface area contributed by atoms with E-state index in [1.54, 1.807) is 48.7 Å². The van der Waals surface area contributed by atoms with Gasteiger partial charge in [0.2, 0.25) is 23.6 Å². The van der Waals surface area contributed by atoms with Crippen LogP contribution < -0.4 is 5.32 Å². The number of hydrogen-bond donors (Lipinski definition) is 1. The van der Waals surface area contributed by atoms with E-state index in [9.17, 15) is 28.8 Å². The van der Waals surface area contributed by atoms with Crippen LogP contribution in [0.5, 0.6) is 0 Å². The lowest BCUT2D eigenvalue weighted by Crippen LogP contribution is -2.62. The van der Waals surface area contributed by atoms with Crippen molar-refractivity contribution in [3.05, 3.63) is 71.8 Å². The van der Waals surface area contributed by atoms with Crippen LogP contribution in [0.2, 0.25) is 0 Å². The molecule has 1 N–H and O–H groups in total. The second-order valence-electron chi connectivity index (χ2n) is 17.1. The molecule has 2 aromatic carbocycles. The van der Waals surface area contributed by atoms with Crippen molar-refractivity contribution in [1.29, 1.82) is 0 Å². The fourth-order valence-electron chi connectivity index (χ4n) is 7.33. The van der Waals surface area contributed by atoms with Crippen molar-refractivity contribution in [2.24, 2.45) is 17.8 Å². The minimum Gasteiger partial charge on any atom is -0.459 e. The van der Waals surface area contributed by atoms with E-state index < -0.39 is 65.6 Å². The molecule has 2 aromatic rings. The van der Waals surface area contributed by atoms with Crippen LogP contribution in [-0.4, -0.2) is 119 Å². The van der Waals surface area contributed by atoms with Crippen molar-refractivity contribution < 1.29 is 38.2 Å². The molecule has 0 aromatic heterocycles. The van der Waals surface area contributed by atoms with Gasteiger partial charge in [0.15, 0.2) is 0 Å². The van der Waals surface area contributed by atoms with Crippen molar-refractivity contribution in [3.8, 4) is 0 Å². The summed E-state index contributed by atoms with van der Waals surface area (Å²) in [6, 6.07) is 13.8. The summed E-state index contributed by atoms with van der Waals surface area (Å²) in [5.41, 5.74) is 0.844. The molecule has 13 heteroatoms. The SMILES string of the molecule is CC(C)C(C(=O)N1CCC[C@@H]1C(=O)OCc1ccccc1)N(C)C(=O)C(C(C)C)N(C)C(=O)[C@@H](Cc1ccccc1)N(C)C(=O)[C@@H](NC(=O)OC(C)(C)C)C(C)C. The highest BCUT2D eigenvalue weighted by atomic mass is 16.6. The molecule has 0 saturated carbocycles. The zero-order chi connectivity index (χ0) is 42.8. The van der Waals surface area contributed by atoms with Crippen LogP contribution in [0.25, 0.3) is 0 Å². The van der Waals surface area contributed by atoms with Gasteiger partial charge in [-0.1, -0.05) is 102 Å². The number of hydrogen-bond acceptors (Lipinski definition) is 8. The number of likely N-dealkylation sites (N-methyl/N-ethyl adjacent to an activating group) is 3. The highest BCUT2D eigenvalue weighted by Gasteiger charge is 2.45. The second kappa shape index (κ2) is 20.5. The summed E-state index contributed by atoms with van der Waals surface area (Å²) in [5.74, 6) is -3.34. The monoisotopic (exact) mass is 791 g/mol. The zero-order valence-corrected chi connectivity index (χ0v) is 36.0. The Balaban J connectivity index is 1.90. The molecule has 314 valence electrons. The van der Waals surface area contributed by atoms with Crippen molar-refractivity contribution in [2.45, 2.75) is 124 Å². The average Bonchev–Trinajstić information content (AvgIpc) is 3.64. The summed E-state index contributed by atoms with van der Waals surface area (Å²) in [5, 5.41) is 2.69. The first kappa shape index (κ1) is 46.4. The van der Waals surface area contributed by atoms with Crippen molar-refractivity contribution in [1.82, 2.24) is 24.9 Å². The van der Waals surface area contributed by atoms with E-state index >= 15 is 0 Å². The third kappa shape index (κ3) is 12.5. The van der Waals surface area contributed by atoms with Crippen molar-refractivity contribution in [2.75, 3.05) is 27.7 Å². The Labute approximate surface area is 339 Å². The molecule has 5 atom stereocenters. The lowest BCUT2D eigenvalue weighted by Gasteiger charge is -2.41. The molecule has 13 nitrogen and oxygen atoms in total. The van der Waals surface area contributed by atoms with E-state index in [1.807, 2.05) is 88.4 Å². The Morgan fingerprint density at radius 2 is 1.25 bits per heavy atom. The third-order valence-corrected chi connectivity index (χ3v) is 10.3. The quantitative estimate of drug-likeness (QED) is 0.226. The average molecular weight is 792 g/mol. The van der Waals surface area contributed by atoms with Gasteiger partial charge in [-0.25, -0.2) is 9.59 Å². The van der Waals surface area contributed by atoms with Crippen molar-refractivity contribution >= 4 is 35.7 Å². The lowest BCUT2D eigenvalue weighted by molar-refractivity contribution is -0.159. The van der Waals surface area contributed by atoms with Crippen LogP contribution >= 0.6 is 0 Å². The highest BCUT2D eigenvalue weighted by molar-refractivity contribution is 5.96. The molecule has 5 amide bonds. The number of nitrogens with zero attached hydrogens (tertiary/aromatic N) is 4. The van der Waals surface area contributed by atoms with Crippen LogP contribution in [0.4, 0.5) is 4.79 Å². The number of benzene rings is 2. The maximum atomic E-state index is 14.7. The first-order valence-corrected chi connectivity index (χ1v) is 20.0. The Bertz CT molecular complexity index is 1680. The number of nitrogens with one attached hydrogen (secondary N) is 1.